The van der Waals surface area contributed by atoms with Crippen LogP contribution in [0.3, 0.4) is 0 Å². The van der Waals surface area contributed by atoms with Crippen LogP contribution in [0, 0.1) is 23.5 Å². The summed E-state index contributed by atoms with van der Waals surface area (Å²) in [5, 5.41) is 0. The molecule has 1 aromatic rings. The van der Waals surface area contributed by atoms with Crippen LogP contribution >= 0.6 is 0 Å². The van der Waals surface area contributed by atoms with Crippen LogP contribution in [0.2, 0.25) is 0 Å². The molecule has 110 valence electrons. The predicted molar refractivity (Wildman–Crippen MR) is 74.7 cm³/mol. The number of hydrogen-bond acceptors (Lipinski definition) is 2. The van der Waals surface area contributed by atoms with Gasteiger partial charge in [-0.3, -0.25) is 9.69 Å². The first kappa shape index (κ1) is 15.1. The molecular weight excluding hydrogens is 260 g/mol. The fourth-order valence-corrected chi connectivity index (χ4v) is 2.70. The minimum Gasteiger partial charge on any atom is -0.293 e. The van der Waals surface area contributed by atoms with Crippen molar-refractivity contribution in [2.24, 2.45) is 11.8 Å². The van der Waals surface area contributed by atoms with Crippen LogP contribution < -0.4 is 0 Å². The number of carbonyl (C=O) groups is 1. The highest BCUT2D eigenvalue weighted by atomic mass is 19.2. The van der Waals surface area contributed by atoms with Crippen LogP contribution in [0.4, 0.5) is 8.78 Å². The highest BCUT2D eigenvalue weighted by Crippen LogP contribution is 2.25. The van der Waals surface area contributed by atoms with E-state index < -0.39 is 11.6 Å². The van der Waals surface area contributed by atoms with E-state index in [1.807, 2.05) is 6.92 Å². The molecule has 1 aliphatic heterocycles. The lowest BCUT2D eigenvalue weighted by molar-refractivity contribution is 0.0688. The average Bonchev–Trinajstić information content (AvgIpc) is 2.43. The normalized spacial score (nSPS) is 25.4. The first-order valence-corrected chi connectivity index (χ1v) is 7.13. The van der Waals surface area contributed by atoms with Gasteiger partial charge in [-0.2, -0.15) is 0 Å². The van der Waals surface area contributed by atoms with Crippen molar-refractivity contribution in [3.63, 3.8) is 0 Å². The molecule has 3 unspecified atom stereocenters. The van der Waals surface area contributed by atoms with Gasteiger partial charge < -0.3 is 0 Å². The van der Waals surface area contributed by atoms with Crippen molar-refractivity contribution in [1.82, 2.24) is 4.90 Å². The molecule has 1 saturated heterocycles. The standard InChI is InChI=1S/C16H21F2NO/c1-10-6-7-19(9-11(10)2)12(3)16(20)13-4-5-14(17)15(18)8-13/h4-5,8,10-12H,6-7,9H2,1-3H3. The van der Waals surface area contributed by atoms with E-state index in [0.717, 1.165) is 31.6 Å². The summed E-state index contributed by atoms with van der Waals surface area (Å²) < 4.78 is 26.1. The van der Waals surface area contributed by atoms with E-state index in [0.29, 0.717) is 11.8 Å². The summed E-state index contributed by atoms with van der Waals surface area (Å²) in [5.41, 5.74) is 0.239. The van der Waals surface area contributed by atoms with E-state index in [9.17, 15) is 13.6 Å². The monoisotopic (exact) mass is 281 g/mol. The van der Waals surface area contributed by atoms with Crippen LogP contribution in [0.25, 0.3) is 0 Å². The molecule has 0 saturated carbocycles. The fraction of sp³-hybridized carbons (Fsp3) is 0.562. The Bertz CT molecular complexity index is 503. The van der Waals surface area contributed by atoms with Crippen LogP contribution in [0.5, 0.6) is 0 Å². The minimum atomic E-state index is -0.969. The van der Waals surface area contributed by atoms with E-state index in [1.165, 1.54) is 6.07 Å². The molecule has 2 rings (SSSR count). The topological polar surface area (TPSA) is 20.3 Å². The molecule has 20 heavy (non-hydrogen) atoms. The molecule has 0 spiro atoms. The highest BCUT2D eigenvalue weighted by molar-refractivity contribution is 5.99. The lowest BCUT2D eigenvalue weighted by Crippen LogP contribution is -2.46. The second-order valence-corrected chi connectivity index (χ2v) is 5.91. The predicted octanol–water partition coefficient (Wildman–Crippen LogP) is 3.51. The Morgan fingerprint density at radius 3 is 2.55 bits per heavy atom. The SMILES string of the molecule is CC1CCN(C(C)C(=O)c2ccc(F)c(F)c2)CC1C. The van der Waals surface area contributed by atoms with E-state index in [2.05, 4.69) is 18.7 Å². The van der Waals surface area contributed by atoms with Crippen LogP contribution in [0.1, 0.15) is 37.6 Å². The molecule has 0 N–H and O–H groups in total. The Morgan fingerprint density at radius 1 is 1.25 bits per heavy atom. The molecule has 1 aliphatic rings. The van der Waals surface area contributed by atoms with Crippen molar-refractivity contribution in [2.75, 3.05) is 13.1 Å². The number of benzene rings is 1. The van der Waals surface area contributed by atoms with Crippen molar-refractivity contribution in [3.05, 3.63) is 35.4 Å². The number of nitrogens with zero attached hydrogens (tertiary/aromatic N) is 1. The molecule has 0 radical (unpaired) electrons. The van der Waals surface area contributed by atoms with Gasteiger partial charge in [0.25, 0.3) is 0 Å². The van der Waals surface area contributed by atoms with E-state index in [1.54, 1.807) is 0 Å². The quantitative estimate of drug-likeness (QED) is 0.790. The van der Waals surface area contributed by atoms with Gasteiger partial charge in [0.15, 0.2) is 17.4 Å². The zero-order valence-electron chi connectivity index (χ0n) is 12.2. The Labute approximate surface area is 118 Å². The number of likely N-dealkylation sites (tertiary alicyclic amines) is 1. The van der Waals surface area contributed by atoms with Crippen molar-refractivity contribution >= 4 is 5.78 Å². The zero-order chi connectivity index (χ0) is 14.9. The summed E-state index contributed by atoms with van der Waals surface area (Å²) in [5.74, 6) is -0.829. The van der Waals surface area contributed by atoms with Gasteiger partial charge in [-0.25, -0.2) is 8.78 Å². The number of carbonyl (C=O) groups excluding carboxylic acids is 1. The average molecular weight is 281 g/mol. The maximum Gasteiger partial charge on any atom is 0.179 e. The third kappa shape index (κ3) is 3.06. The van der Waals surface area contributed by atoms with Crippen LogP contribution in [-0.4, -0.2) is 29.8 Å². The number of ketones is 1. The summed E-state index contributed by atoms with van der Waals surface area (Å²) >= 11 is 0. The molecule has 0 aromatic heterocycles. The fourth-order valence-electron chi connectivity index (χ4n) is 2.70. The van der Waals surface area contributed by atoms with Crippen molar-refractivity contribution in [1.29, 1.82) is 0 Å². The van der Waals surface area contributed by atoms with Crippen LogP contribution in [0.15, 0.2) is 18.2 Å². The first-order chi connectivity index (χ1) is 9.40. The molecule has 1 heterocycles. The molecule has 0 amide bonds. The zero-order valence-corrected chi connectivity index (χ0v) is 12.2. The highest BCUT2D eigenvalue weighted by Gasteiger charge is 2.29. The number of Topliss-reactive ketones (excluding diaryl/α,β-unsaturated/α-hetero) is 1. The van der Waals surface area contributed by atoms with Crippen molar-refractivity contribution < 1.29 is 13.6 Å². The molecule has 1 fully saturated rings. The molecule has 3 atom stereocenters. The van der Waals surface area contributed by atoms with E-state index in [4.69, 9.17) is 0 Å². The van der Waals surface area contributed by atoms with Gasteiger partial charge in [-0.1, -0.05) is 13.8 Å². The lowest BCUT2D eigenvalue weighted by Gasteiger charge is -2.38. The van der Waals surface area contributed by atoms with Gasteiger partial charge in [0.05, 0.1) is 6.04 Å². The van der Waals surface area contributed by atoms with E-state index >= 15 is 0 Å². The van der Waals surface area contributed by atoms with Gasteiger partial charge in [0, 0.05) is 12.1 Å². The third-order valence-corrected chi connectivity index (χ3v) is 4.50. The Balaban J connectivity index is 2.10. The van der Waals surface area contributed by atoms with E-state index in [-0.39, 0.29) is 17.4 Å². The van der Waals surface area contributed by atoms with Gasteiger partial charge >= 0.3 is 0 Å². The summed E-state index contributed by atoms with van der Waals surface area (Å²) in [6.07, 6.45) is 1.07. The molecule has 0 aliphatic carbocycles. The Kier molecular flexibility index (Phi) is 4.53. The molecular formula is C16H21F2NO. The second kappa shape index (κ2) is 6.00. The number of hydrogen-bond donors (Lipinski definition) is 0. The summed E-state index contributed by atoms with van der Waals surface area (Å²) in [6.45, 7) is 8.00. The third-order valence-electron chi connectivity index (χ3n) is 4.50. The summed E-state index contributed by atoms with van der Waals surface area (Å²) in [7, 11) is 0. The second-order valence-electron chi connectivity index (χ2n) is 5.91. The van der Waals surface area contributed by atoms with Gasteiger partial charge in [0.2, 0.25) is 0 Å². The molecule has 1 aromatic carbocycles. The number of halogens is 2. The number of piperidine rings is 1. The Morgan fingerprint density at radius 2 is 1.95 bits per heavy atom. The van der Waals surface area contributed by atoms with Gasteiger partial charge in [-0.15, -0.1) is 0 Å². The van der Waals surface area contributed by atoms with Gasteiger partial charge in [-0.05, 0) is 49.9 Å². The van der Waals surface area contributed by atoms with Crippen molar-refractivity contribution in [2.45, 2.75) is 33.2 Å². The van der Waals surface area contributed by atoms with Gasteiger partial charge in [0.1, 0.15) is 0 Å². The first-order valence-electron chi connectivity index (χ1n) is 7.13. The van der Waals surface area contributed by atoms with Crippen molar-refractivity contribution in [3.8, 4) is 0 Å². The minimum absolute atomic E-state index is 0.148. The molecule has 0 bridgehead atoms. The Hall–Kier alpha value is -1.29. The van der Waals surface area contributed by atoms with Crippen LogP contribution in [-0.2, 0) is 0 Å². The maximum absolute atomic E-state index is 13.2. The maximum atomic E-state index is 13.2. The largest absolute Gasteiger partial charge is 0.293 e. The number of rotatable bonds is 3. The summed E-state index contributed by atoms with van der Waals surface area (Å²) in [6, 6.07) is 3.06. The smallest absolute Gasteiger partial charge is 0.179 e. The molecule has 4 heteroatoms. The lowest BCUT2D eigenvalue weighted by atomic mass is 9.87. The molecule has 2 nitrogen and oxygen atoms in total. The summed E-state index contributed by atoms with van der Waals surface area (Å²) in [4.78, 5) is 14.5.